The molecule has 28 heavy (non-hydrogen) atoms. The molecule has 3 heterocycles. The fraction of sp³-hybridized carbons (Fsp3) is 0.300. The van der Waals surface area contributed by atoms with Crippen molar-refractivity contribution in [2.45, 2.75) is 12.3 Å². The van der Waals surface area contributed by atoms with E-state index in [1.807, 2.05) is 6.07 Å². The average Bonchev–Trinajstić information content (AvgIpc) is 3.13. The topological polar surface area (TPSA) is 104 Å². The van der Waals surface area contributed by atoms with E-state index in [2.05, 4.69) is 5.32 Å². The smallest absolute Gasteiger partial charge is 0.294 e. The normalized spacial score (nSPS) is 21.9. The van der Waals surface area contributed by atoms with Gasteiger partial charge in [0.1, 0.15) is 5.84 Å². The van der Waals surface area contributed by atoms with E-state index in [0.717, 1.165) is 6.42 Å². The molecule has 4 rings (SSSR count). The number of allylic oxidation sites excluding steroid dienone is 1. The van der Waals surface area contributed by atoms with Gasteiger partial charge in [0.25, 0.3) is 5.70 Å². The fourth-order valence-electron chi connectivity index (χ4n) is 4.11. The number of nitro groups is 1. The molecule has 2 unspecified atom stereocenters. The maximum Gasteiger partial charge on any atom is 0.294 e. The summed E-state index contributed by atoms with van der Waals surface area (Å²) >= 11 is 0. The summed E-state index contributed by atoms with van der Waals surface area (Å²) < 4.78 is 1.69. The van der Waals surface area contributed by atoms with E-state index < -0.39 is 16.8 Å². The number of carbonyl (C=O) groups excluding carboxylic acids is 1. The summed E-state index contributed by atoms with van der Waals surface area (Å²) in [5, 5.41) is 24.0. The van der Waals surface area contributed by atoms with Crippen molar-refractivity contribution >= 4 is 11.6 Å². The maximum atomic E-state index is 13.5. The molecule has 0 amide bonds. The zero-order chi connectivity index (χ0) is 19.8. The van der Waals surface area contributed by atoms with Crippen LogP contribution < -0.4 is 5.32 Å². The lowest BCUT2D eigenvalue weighted by molar-refractivity contribution is -0.434. The number of amidine groups is 1. The molecule has 0 aliphatic carbocycles. The Kier molecular flexibility index (Phi) is 4.46. The van der Waals surface area contributed by atoms with Gasteiger partial charge in [0.05, 0.1) is 22.5 Å². The number of aryl methyl sites for hydroxylation is 1. The molecule has 2 atom stereocenters. The second-order valence-electron chi connectivity index (χ2n) is 7.04. The van der Waals surface area contributed by atoms with Gasteiger partial charge < -0.3 is 14.8 Å². The van der Waals surface area contributed by atoms with Crippen LogP contribution in [0.25, 0.3) is 0 Å². The Balaban J connectivity index is 1.93. The number of nitrogens with one attached hydrogen (secondary N) is 2. The largest absolute Gasteiger partial charge is 0.366 e. The van der Waals surface area contributed by atoms with Crippen LogP contribution in [-0.2, 0) is 7.05 Å². The predicted molar refractivity (Wildman–Crippen MR) is 103 cm³/mol. The number of aromatic nitrogens is 1. The third kappa shape index (κ3) is 2.77. The van der Waals surface area contributed by atoms with Crippen LogP contribution in [0.2, 0.25) is 0 Å². The molecule has 0 saturated carbocycles. The van der Waals surface area contributed by atoms with Gasteiger partial charge in [-0.25, -0.2) is 0 Å². The molecule has 1 saturated heterocycles. The van der Waals surface area contributed by atoms with Gasteiger partial charge in [-0.3, -0.25) is 20.3 Å². The summed E-state index contributed by atoms with van der Waals surface area (Å²) in [6.45, 7) is 1.09. The summed E-state index contributed by atoms with van der Waals surface area (Å²) in [4.78, 5) is 26.8. The number of Topliss-reactive ketones (excluding diaryl/α,β-unsaturated/α-hetero) is 1. The van der Waals surface area contributed by atoms with E-state index in [-0.39, 0.29) is 17.3 Å². The summed E-state index contributed by atoms with van der Waals surface area (Å²) in [7, 11) is 1.76. The molecule has 1 aromatic carbocycles. The Hall–Kier alpha value is -3.42. The number of benzene rings is 1. The molecule has 1 aromatic heterocycles. The molecule has 2 N–H and O–H groups in total. The highest BCUT2D eigenvalue weighted by molar-refractivity contribution is 6.12. The van der Waals surface area contributed by atoms with Crippen molar-refractivity contribution in [2.24, 2.45) is 13.0 Å². The molecular weight excluding hydrogens is 358 g/mol. The van der Waals surface area contributed by atoms with Crippen LogP contribution in [0.4, 0.5) is 0 Å². The van der Waals surface area contributed by atoms with Gasteiger partial charge in [-0.05, 0) is 24.1 Å². The number of hydrogen-bond donors (Lipinski definition) is 2. The molecule has 8 heteroatoms. The first kappa shape index (κ1) is 18.0. The van der Waals surface area contributed by atoms with Crippen molar-refractivity contribution in [3.8, 4) is 0 Å². The summed E-state index contributed by atoms with van der Waals surface area (Å²) in [5.41, 5.74) is 1.05. The van der Waals surface area contributed by atoms with Crippen LogP contribution in [0.5, 0.6) is 0 Å². The third-order valence-corrected chi connectivity index (χ3v) is 5.41. The van der Waals surface area contributed by atoms with Crippen molar-refractivity contribution in [2.75, 3.05) is 13.1 Å². The molecule has 0 bridgehead atoms. The second kappa shape index (κ2) is 6.95. The summed E-state index contributed by atoms with van der Waals surface area (Å²) in [5.74, 6) is -1.63. The molecular formula is C20H21N5O3. The maximum absolute atomic E-state index is 13.5. The minimum Gasteiger partial charge on any atom is -0.366 e. The monoisotopic (exact) mass is 379 g/mol. The fourth-order valence-corrected chi connectivity index (χ4v) is 4.11. The highest BCUT2D eigenvalue weighted by atomic mass is 16.6. The lowest BCUT2D eigenvalue weighted by Crippen LogP contribution is -2.54. The minimum atomic E-state index is -0.958. The Morgan fingerprint density at radius 2 is 2.00 bits per heavy atom. The zero-order valence-electron chi connectivity index (χ0n) is 15.5. The lowest BCUT2D eigenvalue weighted by Gasteiger charge is -2.41. The zero-order valence-corrected chi connectivity index (χ0v) is 15.5. The van der Waals surface area contributed by atoms with E-state index in [4.69, 9.17) is 5.41 Å². The highest BCUT2D eigenvalue weighted by Crippen LogP contribution is 2.42. The molecule has 0 radical (unpaired) electrons. The quantitative estimate of drug-likeness (QED) is 0.482. The number of hydrogen-bond acceptors (Lipinski definition) is 5. The van der Waals surface area contributed by atoms with Crippen molar-refractivity contribution in [3.05, 3.63) is 81.6 Å². The Morgan fingerprint density at radius 1 is 1.25 bits per heavy atom. The standard InChI is InChI=1S/C20H21N5O3/c1-23-11-5-9-14(23)18(26)16-15(13-7-3-2-4-8-13)17(25(27)28)20-22-10-6-12-24(20)19(16)21/h2-5,7-9,11,15-16,21-22H,6,10,12H2,1H3. The van der Waals surface area contributed by atoms with E-state index in [1.54, 1.807) is 59.1 Å². The van der Waals surface area contributed by atoms with Crippen molar-refractivity contribution in [3.63, 3.8) is 0 Å². The average molecular weight is 379 g/mol. The van der Waals surface area contributed by atoms with Crippen molar-refractivity contribution in [1.29, 1.82) is 5.41 Å². The van der Waals surface area contributed by atoms with Crippen molar-refractivity contribution in [1.82, 2.24) is 14.8 Å². The number of rotatable bonds is 4. The number of ketones is 1. The highest BCUT2D eigenvalue weighted by Gasteiger charge is 2.51. The van der Waals surface area contributed by atoms with E-state index in [0.29, 0.717) is 30.2 Å². The molecule has 144 valence electrons. The molecule has 0 spiro atoms. The molecule has 2 aromatic rings. The predicted octanol–water partition coefficient (Wildman–Crippen LogP) is 2.34. The molecule has 2 aliphatic heterocycles. The first-order valence-corrected chi connectivity index (χ1v) is 9.19. The summed E-state index contributed by atoms with van der Waals surface area (Å²) in [6.07, 6.45) is 2.51. The first-order valence-electron chi connectivity index (χ1n) is 9.19. The van der Waals surface area contributed by atoms with Crippen LogP contribution in [0.1, 0.15) is 28.4 Å². The van der Waals surface area contributed by atoms with Crippen LogP contribution in [0.3, 0.4) is 0 Å². The van der Waals surface area contributed by atoms with Crippen LogP contribution >= 0.6 is 0 Å². The van der Waals surface area contributed by atoms with Gasteiger partial charge in [-0.1, -0.05) is 30.3 Å². The molecule has 2 aliphatic rings. The minimum absolute atomic E-state index is 0.0468. The van der Waals surface area contributed by atoms with Gasteiger partial charge in [-0.2, -0.15) is 0 Å². The van der Waals surface area contributed by atoms with E-state index in [9.17, 15) is 14.9 Å². The third-order valence-electron chi connectivity index (χ3n) is 5.41. The Morgan fingerprint density at radius 3 is 2.64 bits per heavy atom. The van der Waals surface area contributed by atoms with Crippen molar-refractivity contribution < 1.29 is 9.72 Å². The molecule has 8 nitrogen and oxygen atoms in total. The van der Waals surface area contributed by atoms with Gasteiger partial charge in [0.2, 0.25) is 0 Å². The van der Waals surface area contributed by atoms with Gasteiger partial charge >= 0.3 is 0 Å². The Bertz CT molecular complexity index is 979. The van der Waals surface area contributed by atoms with E-state index >= 15 is 0 Å². The second-order valence-corrected chi connectivity index (χ2v) is 7.04. The van der Waals surface area contributed by atoms with Crippen LogP contribution in [0, 0.1) is 21.4 Å². The van der Waals surface area contributed by atoms with E-state index in [1.165, 1.54) is 0 Å². The van der Waals surface area contributed by atoms with Gasteiger partial charge in [0.15, 0.2) is 11.6 Å². The van der Waals surface area contributed by atoms with Crippen LogP contribution in [0.15, 0.2) is 60.2 Å². The number of carbonyl (C=O) groups is 1. The lowest BCUT2D eigenvalue weighted by atomic mass is 9.76. The summed E-state index contributed by atoms with van der Waals surface area (Å²) in [6, 6.07) is 12.4. The number of nitrogens with zero attached hydrogens (tertiary/aromatic N) is 3. The molecule has 1 fully saturated rings. The SMILES string of the molecule is Cn1cccc1C(=O)C1C(=N)N2CCCNC2=C([N+](=O)[O-])C1c1ccccc1. The van der Waals surface area contributed by atoms with Gasteiger partial charge in [-0.15, -0.1) is 0 Å². The Labute approximate surface area is 162 Å². The first-order chi connectivity index (χ1) is 13.5. The van der Waals surface area contributed by atoms with Gasteiger partial charge in [0, 0.05) is 26.3 Å². The van der Waals surface area contributed by atoms with Crippen LogP contribution in [-0.4, -0.2) is 39.1 Å². The number of fused-ring (bicyclic) bond motifs is 1.